The lowest BCUT2D eigenvalue weighted by atomic mass is 10.2. The molecule has 1 aliphatic rings. The molecule has 0 radical (unpaired) electrons. The van der Waals surface area contributed by atoms with E-state index in [4.69, 9.17) is 14.6 Å². The van der Waals surface area contributed by atoms with Gasteiger partial charge in [0.15, 0.2) is 17.1 Å². The molecule has 3 heterocycles. The normalized spacial score (nSPS) is 12.6. The van der Waals surface area contributed by atoms with E-state index < -0.39 is 0 Å². The van der Waals surface area contributed by atoms with Gasteiger partial charge in [-0.15, -0.1) is 0 Å². The lowest BCUT2D eigenvalue weighted by Gasteiger charge is -2.21. The van der Waals surface area contributed by atoms with Gasteiger partial charge in [0.2, 0.25) is 5.91 Å². The van der Waals surface area contributed by atoms with Crippen LogP contribution in [0, 0.1) is 0 Å². The third kappa shape index (κ3) is 4.08. The number of aliphatic hydroxyl groups excluding tert-OH is 1. The largest absolute Gasteiger partial charge is 0.486 e. The summed E-state index contributed by atoms with van der Waals surface area (Å²) in [5, 5.41) is 22.4. The predicted molar refractivity (Wildman–Crippen MR) is 113 cm³/mol. The van der Waals surface area contributed by atoms with Crippen LogP contribution in [0.5, 0.6) is 11.5 Å². The minimum Gasteiger partial charge on any atom is -0.486 e. The summed E-state index contributed by atoms with van der Waals surface area (Å²) in [5.74, 6) is 2.44. The molecule has 0 unspecified atom stereocenters. The lowest BCUT2D eigenvalue weighted by Crippen LogP contribution is -2.16. The van der Waals surface area contributed by atoms with Crippen molar-refractivity contribution in [2.45, 2.75) is 19.3 Å². The molecule has 1 aromatic carbocycles. The van der Waals surface area contributed by atoms with Gasteiger partial charge in [0.1, 0.15) is 30.5 Å². The molecule has 0 saturated heterocycles. The van der Waals surface area contributed by atoms with Gasteiger partial charge in [-0.25, -0.2) is 4.98 Å². The Labute approximate surface area is 173 Å². The minimum absolute atomic E-state index is 0.0735. The van der Waals surface area contributed by atoms with E-state index in [1.165, 1.54) is 0 Å². The smallest absolute Gasteiger partial charge is 0.224 e. The first-order valence-electron chi connectivity index (χ1n) is 9.82. The number of nitrogens with zero attached hydrogens (tertiary/aromatic N) is 3. The Balaban J connectivity index is 1.62. The van der Waals surface area contributed by atoms with Crippen LogP contribution in [0.15, 0.2) is 30.5 Å². The number of aliphatic hydroxyl groups is 1. The Morgan fingerprint density at radius 1 is 1.23 bits per heavy atom. The number of hydrogen-bond donors (Lipinski definition) is 4. The second-order valence-corrected chi connectivity index (χ2v) is 6.75. The number of ether oxygens (including phenoxy) is 2. The average Bonchev–Trinajstić information content (AvgIpc) is 3.16. The number of aromatic nitrogens is 3. The van der Waals surface area contributed by atoms with Crippen LogP contribution in [0.1, 0.15) is 19.3 Å². The molecule has 0 atom stereocenters. The predicted octanol–water partition coefficient (Wildman–Crippen LogP) is 2.39. The van der Waals surface area contributed by atoms with Crippen molar-refractivity contribution >= 4 is 34.6 Å². The van der Waals surface area contributed by atoms with E-state index in [0.717, 1.165) is 5.69 Å². The van der Waals surface area contributed by atoms with Gasteiger partial charge in [-0.2, -0.15) is 9.61 Å². The van der Waals surface area contributed by atoms with E-state index in [-0.39, 0.29) is 12.5 Å². The number of fused-ring (bicyclic) bond motifs is 2. The highest BCUT2D eigenvalue weighted by atomic mass is 16.6. The summed E-state index contributed by atoms with van der Waals surface area (Å²) >= 11 is 0. The highest BCUT2D eigenvalue weighted by Crippen LogP contribution is 2.38. The molecule has 10 nitrogen and oxygen atoms in total. The van der Waals surface area contributed by atoms with Gasteiger partial charge in [0.05, 0.1) is 11.9 Å². The van der Waals surface area contributed by atoms with Crippen molar-refractivity contribution in [3.63, 3.8) is 0 Å². The molecule has 30 heavy (non-hydrogen) atoms. The van der Waals surface area contributed by atoms with Crippen molar-refractivity contribution in [1.29, 1.82) is 0 Å². The molecular formula is C20H24N6O4. The summed E-state index contributed by atoms with van der Waals surface area (Å²) in [5.41, 5.74) is 1.75. The third-order valence-corrected chi connectivity index (χ3v) is 4.64. The molecule has 10 heteroatoms. The summed E-state index contributed by atoms with van der Waals surface area (Å²) < 4.78 is 13.0. The Morgan fingerprint density at radius 3 is 2.93 bits per heavy atom. The van der Waals surface area contributed by atoms with Crippen molar-refractivity contribution in [3.05, 3.63) is 30.5 Å². The van der Waals surface area contributed by atoms with Gasteiger partial charge in [-0.1, -0.05) is 6.07 Å². The summed E-state index contributed by atoms with van der Waals surface area (Å²) in [6.07, 6.45) is 3.09. The van der Waals surface area contributed by atoms with E-state index >= 15 is 0 Å². The van der Waals surface area contributed by atoms with Crippen LogP contribution >= 0.6 is 0 Å². The van der Waals surface area contributed by atoms with Crippen LogP contribution in [-0.4, -0.2) is 52.5 Å². The number of carbonyl (C=O) groups is 1. The number of nitrogens with one attached hydrogen (secondary N) is 3. The van der Waals surface area contributed by atoms with Crippen molar-refractivity contribution in [2.75, 3.05) is 42.8 Å². The van der Waals surface area contributed by atoms with Crippen LogP contribution in [0.25, 0.3) is 5.65 Å². The number of hydrogen-bond acceptors (Lipinski definition) is 8. The van der Waals surface area contributed by atoms with E-state index in [9.17, 15) is 4.79 Å². The van der Waals surface area contributed by atoms with Crippen LogP contribution < -0.4 is 25.4 Å². The first-order chi connectivity index (χ1) is 14.7. The Kier molecular flexibility index (Phi) is 5.84. The molecule has 4 rings (SSSR count). The number of unbranched alkanes of at least 4 members (excludes halogenated alkanes) is 1. The van der Waals surface area contributed by atoms with E-state index in [2.05, 4.69) is 26.0 Å². The molecule has 0 fully saturated rings. The quantitative estimate of drug-likeness (QED) is 0.416. The number of para-hydroxylation sites is 1. The fourth-order valence-corrected chi connectivity index (χ4v) is 3.21. The third-order valence-electron chi connectivity index (χ3n) is 4.64. The summed E-state index contributed by atoms with van der Waals surface area (Å²) in [6.45, 7) is 1.07. The molecule has 4 N–H and O–H groups in total. The molecule has 0 aliphatic carbocycles. The van der Waals surface area contributed by atoms with Crippen molar-refractivity contribution in [1.82, 2.24) is 14.6 Å². The molecule has 0 bridgehead atoms. The molecule has 0 spiro atoms. The number of benzene rings is 1. The van der Waals surface area contributed by atoms with Gasteiger partial charge in [-0.3, -0.25) is 4.79 Å². The first-order valence-corrected chi connectivity index (χ1v) is 9.82. The van der Waals surface area contributed by atoms with Gasteiger partial charge >= 0.3 is 0 Å². The van der Waals surface area contributed by atoms with Crippen LogP contribution in [0.4, 0.5) is 23.0 Å². The fraction of sp³-hybridized carbons (Fsp3) is 0.350. The Hall–Kier alpha value is -3.53. The number of rotatable bonds is 8. The molecule has 1 amide bonds. The topological polar surface area (TPSA) is 122 Å². The summed E-state index contributed by atoms with van der Waals surface area (Å²) in [6, 6.07) is 7.44. The molecule has 158 valence electrons. The van der Waals surface area contributed by atoms with Crippen molar-refractivity contribution in [2.24, 2.45) is 0 Å². The van der Waals surface area contributed by atoms with Crippen molar-refractivity contribution < 1.29 is 19.4 Å². The molecule has 3 aromatic rings. The number of carbonyl (C=O) groups excluding carboxylic acids is 1. The molecule has 1 aliphatic heterocycles. The monoisotopic (exact) mass is 412 g/mol. The van der Waals surface area contributed by atoms with Gasteiger partial charge in [0, 0.05) is 26.1 Å². The highest BCUT2D eigenvalue weighted by molar-refractivity contribution is 5.94. The zero-order valence-corrected chi connectivity index (χ0v) is 16.6. The average molecular weight is 412 g/mol. The van der Waals surface area contributed by atoms with E-state index in [1.54, 1.807) is 17.8 Å². The van der Waals surface area contributed by atoms with E-state index in [1.807, 2.05) is 24.3 Å². The lowest BCUT2D eigenvalue weighted by molar-refractivity contribution is -0.116. The first kappa shape index (κ1) is 19.8. The highest BCUT2D eigenvalue weighted by Gasteiger charge is 2.18. The fourth-order valence-electron chi connectivity index (χ4n) is 3.21. The standard InChI is InChI=1S/C20H24N6O4/c1-21-17-11-16(23-13-5-4-6-15-19(13)30-10-9-29-15)25-20-14(12-22-26(17)20)24-18(28)7-2-3-8-27/h4-6,11-12,21,27H,2-3,7-10H2,1H3,(H,23,25)(H,24,28). The molecule has 0 saturated carbocycles. The SMILES string of the molecule is CNc1cc(Nc2cccc3c2OCCO3)nc2c(NC(=O)CCCCO)cnn12. The van der Waals surface area contributed by atoms with Gasteiger partial charge in [-0.05, 0) is 25.0 Å². The number of anilines is 4. The number of amides is 1. The summed E-state index contributed by atoms with van der Waals surface area (Å²) in [7, 11) is 1.79. The maximum absolute atomic E-state index is 12.2. The molecular weight excluding hydrogens is 388 g/mol. The second kappa shape index (κ2) is 8.87. The zero-order valence-electron chi connectivity index (χ0n) is 16.6. The Bertz CT molecular complexity index is 1050. The summed E-state index contributed by atoms with van der Waals surface area (Å²) in [4.78, 5) is 16.8. The minimum atomic E-state index is -0.146. The van der Waals surface area contributed by atoms with Gasteiger partial charge in [0.25, 0.3) is 0 Å². The zero-order chi connectivity index (χ0) is 20.9. The van der Waals surface area contributed by atoms with Crippen LogP contribution in [0.2, 0.25) is 0 Å². The molecule has 2 aromatic heterocycles. The maximum Gasteiger partial charge on any atom is 0.224 e. The van der Waals surface area contributed by atoms with Crippen molar-refractivity contribution in [3.8, 4) is 11.5 Å². The van der Waals surface area contributed by atoms with Crippen LogP contribution in [-0.2, 0) is 4.79 Å². The second-order valence-electron chi connectivity index (χ2n) is 6.75. The Morgan fingerprint density at radius 2 is 2.10 bits per heavy atom. The maximum atomic E-state index is 12.2. The van der Waals surface area contributed by atoms with E-state index in [0.29, 0.717) is 66.9 Å². The van der Waals surface area contributed by atoms with Crippen LogP contribution in [0.3, 0.4) is 0 Å². The van der Waals surface area contributed by atoms with Gasteiger partial charge < -0.3 is 30.5 Å².